The summed E-state index contributed by atoms with van der Waals surface area (Å²) < 4.78 is 5.05. The molecule has 0 aromatic rings. The Morgan fingerprint density at radius 1 is 1.40 bits per heavy atom. The van der Waals surface area contributed by atoms with Crippen LogP contribution in [0.25, 0.3) is 0 Å². The summed E-state index contributed by atoms with van der Waals surface area (Å²) in [7, 11) is 0. The van der Waals surface area contributed by atoms with Crippen molar-refractivity contribution in [3.63, 3.8) is 0 Å². The summed E-state index contributed by atoms with van der Waals surface area (Å²) in [6.07, 6.45) is 3.71. The molecule has 0 spiro atoms. The second kappa shape index (κ2) is 8.48. The lowest BCUT2D eigenvalue weighted by atomic mass is 9.94. The molecule has 0 aromatic carbocycles. The Balaban J connectivity index is 4.39. The minimum Gasteiger partial charge on any atom is -0.465 e. The number of esters is 1. The highest BCUT2D eigenvalue weighted by Gasteiger charge is 2.25. The number of carbonyl (C=O) groups is 1. The van der Waals surface area contributed by atoms with Crippen molar-refractivity contribution in [1.29, 1.82) is 0 Å². The van der Waals surface area contributed by atoms with Crippen LogP contribution in [0.15, 0.2) is 12.7 Å². The first-order chi connectivity index (χ1) is 7.21. The molecule has 0 radical (unpaired) electrons. The van der Waals surface area contributed by atoms with Crippen molar-refractivity contribution >= 4 is 5.97 Å². The highest BCUT2D eigenvalue weighted by molar-refractivity contribution is 5.76. The first-order valence-electron chi connectivity index (χ1n) is 5.72. The summed E-state index contributed by atoms with van der Waals surface area (Å²) in [6, 6.07) is -0.196. The Labute approximate surface area is 92.9 Å². The van der Waals surface area contributed by atoms with Crippen LogP contribution in [0.1, 0.15) is 33.6 Å². The molecule has 1 atom stereocenters. The molecule has 0 saturated heterocycles. The van der Waals surface area contributed by atoms with Gasteiger partial charge in [-0.05, 0) is 12.8 Å². The van der Waals surface area contributed by atoms with Crippen LogP contribution < -0.4 is 5.32 Å². The SMILES string of the molecule is C=CCNC(C(=O)OCC)C(CC)CC. The van der Waals surface area contributed by atoms with E-state index in [0.717, 1.165) is 12.8 Å². The van der Waals surface area contributed by atoms with Gasteiger partial charge in [-0.3, -0.25) is 4.79 Å². The van der Waals surface area contributed by atoms with Crippen molar-refractivity contribution in [2.45, 2.75) is 39.7 Å². The van der Waals surface area contributed by atoms with Gasteiger partial charge in [0.15, 0.2) is 0 Å². The van der Waals surface area contributed by atoms with E-state index in [4.69, 9.17) is 4.74 Å². The first-order valence-corrected chi connectivity index (χ1v) is 5.72. The van der Waals surface area contributed by atoms with Gasteiger partial charge < -0.3 is 10.1 Å². The van der Waals surface area contributed by atoms with Gasteiger partial charge >= 0.3 is 5.97 Å². The lowest BCUT2D eigenvalue weighted by Crippen LogP contribution is -2.43. The number of carbonyl (C=O) groups excluding carboxylic acids is 1. The van der Waals surface area contributed by atoms with E-state index in [1.807, 2.05) is 6.92 Å². The van der Waals surface area contributed by atoms with Gasteiger partial charge in [-0.15, -0.1) is 6.58 Å². The van der Waals surface area contributed by atoms with Gasteiger partial charge in [-0.25, -0.2) is 0 Å². The van der Waals surface area contributed by atoms with E-state index in [1.54, 1.807) is 6.08 Å². The van der Waals surface area contributed by atoms with Crippen molar-refractivity contribution < 1.29 is 9.53 Å². The highest BCUT2D eigenvalue weighted by Crippen LogP contribution is 2.14. The Kier molecular flexibility index (Phi) is 8.01. The summed E-state index contributed by atoms with van der Waals surface area (Å²) in [4.78, 5) is 11.7. The molecule has 1 N–H and O–H groups in total. The van der Waals surface area contributed by atoms with E-state index in [9.17, 15) is 4.79 Å². The van der Waals surface area contributed by atoms with Crippen LogP contribution in [0.2, 0.25) is 0 Å². The van der Waals surface area contributed by atoms with E-state index in [2.05, 4.69) is 25.7 Å². The zero-order valence-corrected chi connectivity index (χ0v) is 10.1. The second-order valence-corrected chi connectivity index (χ2v) is 3.50. The molecule has 0 saturated carbocycles. The molecule has 3 nitrogen and oxygen atoms in total. The van der Waals surface area contributed by atoms with Crippen molar-refractivity contribution in [3.8, 4) is 0 Å². The predicted molar refractivity (Wildman–Crippen MR) is 62.7 cm³/mol. The van der Waals surface area contributed by atoms with E-state index in [1.165, 1.54) is 0 Å². The minimum atomic E-state index is -0.196. The molecule has 0 rings (SSSR count). The Morgan fingerprint density at radius 3 is 2.40 bits per heavy atom. The standard InChI is InChI=1S/C12H23NO2/c1-5-9-13-11(10(6-2)7-3)12(14)15-8-4/h5,10-11,13H,1,6-9H2,2-4H3. The fourth-order valence-corrected chi connectivity index (χ4v) is 1.64. The molecule has 0 amide bonds. The summed E-state index contributed by atoms with van der Waals surface area (Å²) in [6.45, 7) is 10.7. The molecule has 0 aromatic heterocycles. The zero-order chi connectivity index (χ0) is 11.7. The number of ether oxygens (including phenoxy) is 1. The van der Waals surface area contributed by atoms with Crippen LogP contribution >= 0.6 is 0 Å². The lowest BCUT2D eigenvalue weighted by molar-refractivity contribution is -0.147. The number of hydrogen-bond donors (Lipinski definition) is 1. The van der Waals surface area contributed by atoms with Crippen LogP contribution in [-0.2, 0) is 9.53 Å². The van der Waals surface area contributed by atoms with Gasteiger partial charge in [0.25, 0.3) is 0 Å². The fourth-order valence-electron chi connectivity index (χ4n) is 1.64. The van der Waals surface area contributed by atoms with Crippen molar-refractivity contribution in [3.05, 3.63) is 12.7 Å². The topological polar surface area (TPSA) is 38.3 Å². The van der Waals surface area contributed by atoms with Gasteiger partial charge in [-0.1, -0.05) is 32.8 Å². The fraction of sp³-hybridized carbons (Fsp3) is 0.750. The maximum atomic E-state index is 11.7. The summed E-state index contributed by atoms with van der Waals surface area (Å²) in [5, 5.41) is 3.16. The van der Waals surface area contributed by atoms with Crippen LogP contribution in [0.4, 0.5) is 0 Å². The number of nitrogens with one attached hydrogen (secondary N) is 1. The zero-order valence-electron chi connectivity index (χ0n) is 10.1. The molecule has 0 aliphatic heterocycles. The maximum Gasteiger partial charge on any atom is 0.323 e. The van der Waals surface area contributed by atoms with Crippen molar-refractivity contribution in [2.24, 2.45) is 5.92 Å². The van der Waals surface area contributed by atoms with Crippen LogP contribution in [0.3, 0.4) is 0 Å². The second-order valence-electron chi connectivity index (χ2n) is 3.50. The van der Waals surface area contributed by atoms with Crippen molar-refractivity contribution in [1.82, 2.24) is 5.32 Å². The molecule has 1 unspecified atom stereocenters. The largest absolute Gasteiger partial charge is 0.465 e. The Hall–Kier alpha value is -0.830. The van der Waals surface area contributed by atoms with Crippen LogP contribution in [-0.4, -0.2) is 25.2 Å². The molecule has 0 fully saturated rings. The predicted octanol–water partition coefficient (Wildman–Crippen LogP) is 2.13. The first kappa shape index (κ1) is 14.2. The summed E-state index contributed by atoms with van der Waals surface area (Å²) in [5.74, 6) is 0.192. The Bertz CT molecular complexity index is 188. The lowest BCUT2D eigenvalue weighted by Gasteiger charge is -2.24. The van der Waals surface area contributed by atoms with Crippen molar-refractivity contribution in [2.75, 3.05) is 13.2 Å². The maximum absolute atomic E-state index is 11.7. The molecule has 0 heterocycles. The van der Waals surface area contributed by atoms with Gasteiger partial charge in [-0.2, -0.15) is 0 Å². The third kappa shape index (κ3) is 4.98. The molecule has 15 heavy (non-hydrogen) atoms. The van der Waals surface area contributed by atoms with Gasteiger partial charge in [0.2, 0.25) is 0 Å². The number of hydrogen-bond acceptors (Lipinski definition) is 3. The van der Waals surface area contributed by atoms with Gasteiger partial charge in [0.05, 0.1) is 6.61 Å². The molecule has 0 bridgehead atoms. The van der Waals surface area contributed by atoms with Crippen LogP contribution in [0.5, 0.6) is 0 Å². The quantitative estimate of drug-likeness (QED) is 0.496. The van der Waals surface area contributed by atoms with Gasteiger partial charge in [0.1, 0.15) is 6.04 Å². The highest BCUT2D eigenvalue weighted by atomic mass is 16.5. The molecule has 0 aliphatic carbocycles. The molecule has 0 aliphatic rings. The van der Waals surface area contributed by atoms with E-state index >= 15 is 0 Å². The number of rotatable bonds is 8. The third-order valence-corrected chi connectivity index (χ3v) is 2.54. The summed E-state index contributed by atoms with van der Waals surface area (Å²) in [5.41, 5.74) is 0. The van der Waals surface area contributed by atoms with E-state index in [0.29, 0.717) is 19.1 Å². The monoisotopic (exact) mass is 213 g/mol. The van der Waals surface area contributed by atoms with Crippen LogP contribution in [0, 0.1) is 5.92 Å². The van der Waals surface area contributed by atoms with Gasteiger partial charge in [0, 0.05) is 6.54 Å². The average Bonchev–Trinajstić information content (AvgIpc) is 2.24. The molecular weight excluding hydrogens is 190 g/mol. The third-order valence-electron chi connectivity index (χ3n) is 2.54. The Morgan fingerprint density at radius 2 is 2.00 bits per heavy atom. The van der Waals surface area contributed by atoms with E-state index < -0.39 is 0 Å². The average molecular weight is 213 g/mol. The smallest absolute Gasteiger partial charge is 0.323 e. The minimum absolute atomic E-state index is 0.145. The molecule has 88 valence electrons. The molecule has 3 heteroatoms. The normalized spacial score (nSPS) is 12.5. The van der Waals surface area contributed by atoms with E-state index in [-0.39, 0.29) is 12.0 Å². The summed E-state index contributed by atoms with van der Waals surface area (Å²) >= 11 is 0. The molecular formula is C12H23NO2.